The summed E-state index contributed by atoms with van der Waals surface area (Å²) in [6.07, 6.45) is 1.85. The summed E-state index contributed by atoms with van der Waals surface area (Å²) in [5.74, 6) is 0.0816. The molecular formula is C20H23N3O3. The molecule has 3 heterocycles. The molecule has 2 atom stereocenters. The molecule has 6 nitrogen and oxygen atoms in total. The minimum Gasteiger partial charge on any atom is -0.396 e. The first-order valence-corrected chi connectivity index (χ1v) is 8.90. The van der Waals surface area contributed by atoms with Gasteiger partial charge in [-0.25, -0.2) is 0 Å². The molecule has 0 unspecified atom stereocenters. The van der Waals surface area contributed by atoms with Gasteiger partial charge in [-0.05, 0) is 24.3 Å². The Hall–Kier alpha value is -2.60. The standard InChI is InChI=1S/C20H23N3O3/c1-21-9-5-8-17(21)19(26)23-11-16-10-22(12-20(16,13-23)14-24)18(25)15-6-3-2-4-7-15/h2-9,16,24H,10-14H2,1H3/t16-,20+/m1/s1. The number of nitrogens with zero attached hydrogens (tertiary/aromatic N) is 3. The van der Waals surface area contributed by atoms with Crippen molar-refractivity contribution in [3.63, 3.8) is 0 Å². The average molecular weight is 353 g/mol. The molecule has 26 heavy (non-hydrogen) atoms. The maximum atomic E-state index is 12.8. The Morgan fingerprint density at radius 1 is 1.04 bits per heavy atom. The summed E-state index contributed by atoms with van der Waals surface area (Å²) < 4.78 is 1.81. The maximum Gasteiger partial charge on any atom is 0.270 e. The number of carbonyl (C=O) groups excluding carboxylic acids is 2. The normalized spacial score (nSPS) is 24.8. The summed E-state index contributed by atoms with van der Waals surface area (Å²) >= 11 is 0. The van der Waals surface area contributed by atoms with Crippen molar-refractivity contribution in [3.8, 4) is 0 Å². The molecule has 1 aromatic carbocycles. The van der Waals surface area contributed by atoms with Gasteiger partial charge in [0.15, 0.2) is 0 Å². The predicted octanol–water partition coefficient (Wildman–Crippen LogP) is 1.23. The second-order valence-corrected chi connectivity index (χ2v) is 7.46. The molecule has 2 amide bonds. The van der Waals surface area contributed by atoms with Crippen molar-refractivity contribution in [3.05, 3.63) is 59.9 Å². The van der Waals surface area contributed by atoms with Crippen molar-refractivity contribution < 1.29 is 14.7 Å². The number of aryl methyl sites for hydroxylation is 1. The van der Waals surface area contributed by atoms with Gasteiger partial charge in [-0.1, -0.05) is 18.2 Å². The van der Waals surface area contributed by atoms with E-state index in [0.717, 1.165) is 0 Å². The van der Waals surface area contributed by atoms with E-state index in [1.807, 2.05) is 70.1 Å². The molecule has 0 saturated carbocycles. The molecule has 1 aromatic heterocycles. The highest BCUT2D eigenvalue weighted by Crippen LogP contribution is 2.43. The van der Waals surface area contributed by atoms with Crippen LogP contribution in [0.5, 0.6) is 0 Å². The van der Waals surface area contributed by atoms with Crippen molar-refractivity contribution in [2.24, 2.45) is 18.4 Å². The Morgan fingerprint density at radius 3 is 2.23 bits per heavy atom. The van der Waals surface area contributed by atoms with E-state index in [0.29, 0.717) is 37.4 Å². The van der Waals surface area contributed by atoms with Crippen LogP contribution < -0.4 is 0 Å². The zero-order chi connectivity index (χ0) is 18.3. The molecule has 0 spiro atoms. The zero-order valence-electron chi connectivity index (χ0n) is 14.8. The number of likely N-dealkylation sites (tertiary alicyclic amines) is 2. The summed E-state index contributed by atoms with van der Waals surface area (Å²) in [5.41, 5.74) is 0.887. The van der Waals surface area contributed by atoms with Gasteiger partial charge in [0.2, 0.25) is 0 Å². The Labute approximate surface area is 152 Å². The molecule has 2 fully saturated rings. The molecule has 2 aliphatic rings. The highest BCUT2D eigenvalue weighted by atomic mass is 16.3. The third-order valence-electron chi connectivity index (χ3n) is 5.83. The smallest absolute Gasteiger partial charge is 0.270 e. The van der Waals surface area contributed by atoms with Gasteiger partial charge in [-0.15, -0.1) is 0 Å². The third kappa shape index (κ3) is 2.61. The fourth-order valence-corrected chi connectivity index (χ4v) is 4.32. The molecule has 2 aromatic rings. The minimum atomic E-state index is -0.425. The van der Waals surface area contributed by atoms with Crippen LogP contribution in [0.3, 0.4) is 0 Å². The third-order valence-corrected chi connectivity index (χ3v) is 5.83. The highest BCUT2D eigenvalue weighted by molar-refractivity contribution is 5.95. The zero-order valence-corrected chi connectivity index (χ0v) is 14.8. The topological polar surface area (TPSA) is 65.8 Å². The first kappa shape index (κ1) is 16.8. The molecule has 0 aliphatic carbocycles. The van der Waals surface area contributed by atoms with E-state index >= 15 is 0 Å². The van der Waals surface area contributed by atoms with E-state index in [4.69, 9.17) is 0 Å². The van der Waals surface area contributed by atoms with Crippen LogP contribution in [0.1, 0.15) is 20.8 Å². The lowest BCUT2D eigenvalue weighted by molar-refractivity contribution is 0.0662. The van der Waals surface area contributed by atoms with Crippen molar-refractivity contribution in [1.29, 1.82) is 0 Å². The number of hydrogen-bond donors (Lipinski definition) is 1. The predicted molar refractivity (Wildman–Crippen MR) is 96.7 cm³/mol. The minimum absolute atomic E-state index is 0.00636. The van der Waals surface area contributed by atoms with Crippen LogP contribution in [0.2, 0.25) is 0 Å². The van der Waals surface area contributed by atoms with Gasteiger partial charge in [0, 0.05) is 56.3 Å². The molecule has 6 heteroatoms. The Morgan fingerprint density at radius 2 is 1.69 bits per heavy atom. The number of aliphatic hydroxyl groups is 1. The number of carbonyl (C=O) groups is 2. The van der Waals surface area contributed by atoms with E-state index in [-0.39, 0.29) is 24.3 Å². The number of aliphatic hydroxyl groups excluding tert-OH is 1. The first-order valence-electron chi connectivity index (χ1n) is 8.90. The second kappa shape index (κ2) is 6.29. The number of rotatable bonds is 3. The van der Waals surface area contributed by atoms with Crippen molar-refractivity contribution >= 4 is 11.8 Å². The summed E-state index contributed by atoms with van der Waals surface area (Å²) in [5, 5.41) is 10.1. The van der Waals surface area contributed by atoms with Crippen molar-refractivity contribution in [1.82, 2.24) is 14.4 Å². The summed E-state index contributed by atoms with van der Waals surface area (Å²) in [6.45, 7) is 2.09. The van der Waals surface area contributed by atoms with E-state index in [1.54, 1.807) is 0 Å². The Balaban J connectivity index is 1.51. The van der Waals surface area contributed by atoms with Crippen LogP contribution in [-0.4, -0.2) is 64.1 Å². The average Bonchev–Trinajstić information content (AvgIpc) is 3.33. The number of hydrogen-bond acceptors (Lipinski definition) is 3. The van der Waals surface area contributed by atoms with E-state index in [1.165, 1.54) is 0 Å². The SMILES string of the molecule is Cn1cccc1C(=O)N1C[C@H]2CN(C(=O)c3ccccc3)C[C@@]2(CO)C1. The maximum absolute atomic E-state index is 12.8. The largest absolute Gasteiger partial charge is 0.396 e. The highest BCUT2D eigenvalue weighted by Gasteiger charge is 2.54. The summed E-state index contributed by atoms with van der Waals surface area (Å²) in [6, 6.07) is 12.9. The van der Waals surface area contributed by atoms with E-state index in [2.05, 4.69) is 0 Å². The lowest BCUT2D eigenvalue weighted by atomic mass is 9.82. The quantitative estimate of drug-likeness (QED) is 0.903. The molecule has 2 saturated heterocycles. The van der Waals surface area contributed by atoms with Crippen LogP contribution in [0.25, 0.3) is 0 Å². The van der Waals surface area contributed by atoms with Gasteiger partial charge in [0.1, 0.15) is 5.69 Å². The van der Waals surface area contributed by atoms with Crippen molar-refractivity contribution in [2.75, 3.05) is 32.8 Å². The monoisotopic (exact) mass is 353 g/mol. The van der Waals surface area contributed by atoms with Gasteiger partial charge >= 0.3 is 0 Å². The van der Waals surface area contributed by atoms with E-state index in [9.17, 15) is 14.7 Å². The van der Waals surface area contributed by atoms with Crippen molar-refractivity contribution in [2.45, 2.75) is 0 Å². The van der Waals surface area contributed by atoms with Crippen LogP contribution in [0, 0.1) is 11.3 Å². The number of benzene rings is 1. The lowest BCUT2D eigenvalue weighted by Crippen LogP contribution is -2.40. The Bertz CT molecular complexity index is 832. The fraction of sp³-hybridized carbons (Fsp3) is 0.400. The molecule has 136 valence electrons. The van der Waals surface area contributed by atoms with Crippen LogP contribution in [0.15, 0.2) is 48.7 Å². The van der Waals surface area contributed by atoms with Crippen LogP contribution in [0.4, 0.5) is 0 Å². The number of aromatic nitrogens is 1. The van der Waals surface area contributed by atoms with Gasteiger partial charge in [0.25, 0.3) is 11.8 Å². The first-order chi connectivity index (χ1) is 12.5. The number of fused-ring (bicyclic) bond motifs is 1. The van der Waals surface area contributed by atoms with Gasteiger partial charge in [-0.2, -0.15) is 0 Å². The molecule has 2 aliphatic heterocycles. The van der Waals surface area contributed by atoms with E-state index < -0.39 is 5.41 Å². The Kier molecular flexibility index (Phi) is 4.07. The molecule has 1 N–H and O–H groups in total. The lowest BCUT2D eigenvalue weighted by Gasteiger charge is -2.27. The van der Waals surface area contributed by atoms with Crippen LogP contribution in [-0.2, 0) is 7.05 Å². The van der Waals surface area contributed by atoms with Gasteiger partial charge in [0.05, 0.1) is 6.61 Å². The number of amides is 2. The summed E-state index contributed by atoms with van der Waals surface area (Å²) in [4.78, 5) is 29.2. The van der Waals surface area contributed by atoms with Gasteiger partial charge in [-0.3, -0.25) is 9.59 Å². The van der Waals surface area contributed by atoms with Gasteiger partial charge < -0.3 is 19.5 Å². The van der Waals surface area contributed by atoms with Crippen LogP contribution >= 0.6 is 0 Å². The summed E-state index contributed by atoms with van der Waals surface area (Å²) in [7, 11) is 1.85. The molecule has 4 rings (SSSR count). The molecule has 0 bridgehead atoms. The molecular weight excluding hydrogens is 330 g/mol. The second-order valence-electron chi connectivity index (χ2n) is 7.46. The fourth-order valence-electron chi connectivity index (χ4n) is 4.32. The molecule has 0 radical (unpaired) electrons.